The normalized spacial score (nSPS) is 13.4. The molecule has 2 aromatic heterocycles. The Morgan fingerprint density at radius 3 is 2.69 bits per heavy atom. The van der Waals surface area contributed by atoms with E-state index in [2.05, 4.69) is 30.0 Å². The molecule has 29 heavy (non-hydrogen) atoms. The van der Waals surface area contributed by atoms with Gasteiger partial charge in [-0.15, -0.1) is 0 Å². The Morgan fingerprint density at radius 1 is 1.31 bits per heavy atom. The van der Waals surface area contributed by atoms with Crippen LogP contribution >= 0.6 is 0 Å². The monoisotopic (exact) mass is 418 g/mol. The number of carbonyl (C=O) groups excluding carboxylic acids is 1. The third-order valence-corrected chi connectivity index (χ3v) is 5.66. The molecule has 0 saturated carbocycles. The molecule has 2 heterocycles. The number of nitrogens with zero attached hydrogens (tertiary/aromatic N) is 4. The first-order chi connectivity index (χ1) is 13.6. The van der Waals surface area contributed by atoms with Gasteiger partial charge in [-0.3, -0.25) is 9.89 Å². The standard InChI is InChI=1S/C18H22N6O4S/c1-5-13(25)11-7-6-8-12(9-11)29(26,27)24-14(18(2,3)4)17-21-16(23-28-17)15-19-10-20-22-15/h6-10,14,24H,5H2,1-4H3,(H,19,20,22)/t14-/m0/s1. The molecule has 154 valence electrons. The number of rotatable bonds is 7. The average molecular weight is 418 g/mol. The number of benzene rings is 1. The summed E-state index contributed by atoms with van der Waals surface area (Å²) in [5.74, 6) is 0.430. The second-order valence-corrected chi connectivity index (χ2v) is 9.23. The summed E-state index contributed by atoms with van der Waals surface area (Å²) < 4.78 is 34.0. The summed E-state index contributed by atoms with van der Waals surface area (Å²) in [4.78, 5) is 20.2. The quantitative estimate of drug-likeness (QED) is 0.557. The lowest BCUT2D eigenvalue weighted by atomic mass is 9.87. The summed E-state index contributed by atoms with van der Waals surface area (Å²) in [5, 5.41) is 10.2. The van der Waals surface area contributed by atoms with Gasteiger partial charge in [-0.1, -0.05) is 45.0 Å². The predicted molar refractivity (Wildman–Crippen MR) is 103 cm³/mol. The fraction of sp³-hybridized carbons (Fsp3) is 0.389. The van der Waals surface area contributed by atoms with Crippen LogP contribution in [0.5, 0.6) is 0 Å². The van der Waals surface area contributed by atoms with Crippen LogP contribution in [0.2, 0.25) is 0 Å². The summed E-state index contributed by atoms with van der Waals surface area (Å²) in [5.41, 5.74) is -0.247. The molecule has 10 nitrogen and oxygen atoms in total. The van der Waals surface area contributed by atoms with Crippen molar-refractivity contribution in [2.45, 2.75) is 45.1 Å². The van der Waals surface area contributed by atoms with E-state index >= 15 is 0 Å². The molecule has 0 saturated heterocycles. The first-order valence-corrected chi connectivity index (χ1v) is 10.4. The molecule has 0 spiro atoms. The van der Waals surface area contributed by atoms with Gasteiger partial charge in [-0.05, 0) is 17.5 Å². The van der Waals surface area contributed by atoms with Gasteiger partial charge >= 0.3 is 0 Å². The van der Waals surface area contributed by atoms with Crippen molar-refractivity contribution >= 4 is 15.8 Å². The maximum atomic E-state index is 13.0. The number of aromatic nitrogens is 5. The zero-order chi connectivity index (χ0) is 21.2. The highest BCUT2D eigenvalue weighted by Gasteiger charge is 2.35. The highest BCUT2D eigenvalue weighted by atomic mass is 32.2. The molecule has 0 fully saturated rings. The van der Waals surface area contributed by atoms with Crippen LogP contribution in [-0.2, 0) is 10.0 Å². The Hall–Kier alpha value is -2.92. The van der Waals surface area contributed by atoms with E-state index in [9.17, 15) is 13.2 Å². The average Bonchev–Trinajstić information content (AvgIpc) is 3.36. The number of H-pyrrole nitrogens is 1. The molecule has 1 atom stereocenters. The Labute approximate surface area is 168 Å². The van der Waals surface area contributed by atoms with Crippen molar-refractivity contribution in [2.24, 2.45) is 5.41 Å². The van der Waals surface area contributed by atoms with E-state index in [-0.39, 0.29) is 28.8 Å². The topological polar surface area (TPSA) is 144 Å². The van der Waals surface area contributed by atoms with Crippen molar-refractivity contribution in [1.29, 1.82) is 0 Å². The molecule has 0 bridgehead atoms. The molecule has 2 N–H and O–H groups in total. The van der Waals surface area contributed by atoms with Crippen LogP contribution in [0.3, 0.4) is 0 Å². The van der Waals surface area contributed by atoms with E-state index in [1.165, 1.54) is 24.5 Å². The third kappa shape index (κ3) is 4.57. The van der Waals surface area contributed by atoms with Crippen molar-refractivity contribution < 1.29 is 17.7 Å². The third-order valence-electron chi connectivity index (χ3n) is 4.24. The van der Waals surface area contributed by atoms with E-state index in [1.807, 2.05) is 20.8 Å². The Balaban J connectivity index is 1.94. The van der Waals surface area contributed by atoms with E-state index in [4.69, 9.17) is 4.52 Å². The number of hydrogen-bond donors (Lipinski definition) is 2. The van der Waals surface area contributed by atoms with Gasteiger partial charge in [0.2, 0.25) is 21.7 Å². The molecule has 0 aliphatic heterocycles. The van der Waals surface area contributed by atoms with Gasteiger partial charge in [0.1, 0.15) is 12.4 Å². The van der Waals surface area contributed by atoms with Gasteiger partial charge in [0.05, 0.1) is 4.90 Å². The Morgan fingerprint density at radius 2 is 2.07 bits per heavy atom. The summed E-state index contributed by atoms with van der Waals surface area (Å²) in [6.07, 6.45) is 1.59. The van der Waals surface area contributed by atoms with Gasteiger partial charge < -0.3 is 4.52 Å². The minimum Gasteiger partial charge on any atom is -0.337 e. The molecular weight excluding hydrogens is 396 g/mol. The van der Waals surface area contributed by atoms with Crippen LogP contribution in [0.1, 0.15) is 56.4 Å². The van der Waals surface area contributed by atoms with E-state index < -0.39 is 21.5 Å². The maximum Gasteiger partial charge on any atom is 0.245 e. The first-order valence-electron chi connectivity index (χ1n) is 8.96. The van der Waals surface area contributed by atoms with Crippen molar-refractivity contribution in [3.05, 3.63) is 42.0 Å². The van der Waals surface area contributed by atoms with Crippen LogP contribution in [0.4, 0.5) is 0 Å². The molecule has 1 aromatic carbocycles. The van der Waals surface area contributed by atoms with Crippen LogP contribution < -0.4 is 4.72 Å². The molecular formula is C18H22N6O4S. The van der Waals surface area contributed by atoms with Crippen molar-refractivity contribution in [3.63, 3.8) is 0 Å². The molecule has 0 radical (unpaired) electrons. The summed E-state index contributed by atoms with van der Waals surface area (Å²) in [6, 6.07) is 5.11. The minimum atomic E-state index is -3.97. The second kappa shape index (κ2) is 7.84. The fourth-order valence-electron chi connectivity index (χ4n) is 2.62. The Kier molecular flexibility index (Phi) is 5.62. The first kappa shape index (κ1) is 20.8. The van der Waals surface area contributed by atoms with Gasteiger partial charge in [-0.25, -0.2) is 13.4 Å². The van der Waals surface area contributed by atoms with Gasteiger partial charge in [0, 0.05) is 12.0 Å². The largest absolute Gasteiger partial charge is 0.337 e. The summed E-state index contributed by atoms with van der Waals surface area (Å²) in [7, 11) is -3.97. The van der Waals surface area contributed by atoms with E-state index in [0.29, 0.717) is 11.4 Å². The number of sulfonamides is 1. The second-order valence-electron chi connectivity index (χ2n) is 7.52. The lowest BCUT2D eigenvalue weighted by Crippen LogP contribution is -2.37. The molecule has 3 rings (SSSR count). The molecule has 11 heteroatoms. The minimum absolute atomic E-state index is 0.0129. The van der Waals surface area contributed by atoms with Gasteiger partial charge in [0.25, 0.3) is 0 Å². The van der Waals surface area contributed by atoms with E-state index in [0.717, 1.165) is 0 Å². The molecule has 0 amide bonds. The maximum absolute atomic E-state index is 13.0. The van der Waals surface area contributed by atoms with Crippen molar-refractivity contribution in [2.75, 3.05) is 0 Å². The number of hydrogen-bond acceptors (Lipinski definition) is 8. The van der Waals surface area contributed by atoms with Crippen LogP contribution in [-0.4, -0.2) is 39.5 Å². The number of Topliss-reactive ketones (excluding diaryl/α,β-unsaturated/α-hetero) is 1. The molecule has 0 unspecified atom stereocenters. The lowest BCUT2D eigenvalue weighted by Gasteiger charge is -2.28. The number of nitrogens with one attached hydrogen (secondary N) is 2. The number of ketones is 1. The predicted octanol–water partition coefficient (Wildman–Crippen LogP) is 2.51. The number of carbonyl (C=O) groups is 1. The zero-order valence-electron chi connectivity index (χ0n) is 16.5. The fourth-order valence-corrected chi connectivity index (χ4v) is 4.06. The molecule has 3 aromatic rings. The molecule has 0 aliphatic rings. The highest BCUT2D eigenvalue weighted by Crippen LogP contribution is 2.34. The van der Waals surface area contributed by atoms with Gasteiger partial charge in [-0.2, -0.15) is 14.8 Å². The van der Waals surface area contributed by atoms with Crippen LogP contribution in [0.15, 0.2) is 40.0 Å². The van der Waals surface area contributed by atoms with Crippen LogP contribution in [0, 0.1) is 5.41 Å². The number of aromatic amines is 1. The van der Waals surface area contributed by atoms with Crippen molar-refractivity contribution in [1.82, 2.24) is 30.0 Å². The Bertz CT molecular complexity index is 1100. The van der Waals surface area contributed by atoms with E-state index in [1.54, 1.807) is 13.0 Å². The molecule has 0 aliphatic carbocycles. The lowest BCUT2D eigenvalue weighted by molar-refractivity contribution is 0.0988. The highest BCUT2D eigenvalue weighted by molar-refractivity contribution is 7.89. The van der Waals surface area contributed by atoms with Crippen LogP contribution in [0.25, 0.3) is 11.6 Å². The summed E-state index contributed by atoms with van der Waals surface area (Å²) in [6.45, 7) is 7.25. The van der Waals surface area contributed by atoms with Gasteiger partial charge in [0.15, 0.2) is 11.6 Å². The summed E-state index contributed by atoms with van der Waals surface area (Å²) >= 11 is 0. The SMILES string of the molecule is CCC(=O)c1cccc(S(=O)(=O)N[C@@H](c2nc(-c3ncn[nH]3)no2)C(C)(C)C)c1. The zero-order valence-corrected chi connectivity index (χ0v) is 17.3. The smallest absolute Gasteiger partial charge is 0.245 e. The van der Waals surface area contributed by atoms with Crippen molar-refractivity contribution in [3.8, 4) is 11.6 Å².